The van der Waals surface area contributed by atoms with Crippen LogP contribution in [-0.2, 0) is 13.6 Å². The van der Waals surface area contributed by atoms with Crippen LogP contribution >= 0.6 is 30.4 Å². The van der Waals surface area contributed by atoms with Gasteiger partial charge in [-0.2, -0.15) is 0 Å². The monoisotopic (exact) mass is 366 g/mol. The van der Waals surface area contributed by atoms with Gasteiger partial charge in [0.2, 0.25) is 0 Å². The molecule has 0 spiro atoms. The molecule has 1 aliphatic rings. The van der Waals surface area contributed by atoms with Gasteiger partial charge in [-0.25, -0.2) is 4.57 Å². The van der Waals surface area contributed by atoms with Crippen molar-refractivity contribution < 1.29 is 18.1 Å². The Morgan fingerprint density at radius 2 is 2.12 bits per heavy atom. The molecule has 1 atom stereocenters. The molecule has 6 heteroatoms. The average Bonchev–Trinajstić information content (AvgIpc) is 2.52. The highest BCUT2D eigenvalue weighted by molar-refractivity contribution is 14.1. The second-order valence-corrected chi connectivity index (χ2v) is 5.60. The molecule has 0 aromatic heterocycles. The Morgan fingerprint density at radius 3 is 2.82 bits per heavy atom. The van der Waals surface area contributed by atoms with Crippen molar-refractivity contribution in [1.29, 1.82) is 0 Å². The summed E-state index contributed by atoms with van der Waals surface area (Å²) in [6.45, 7) is 0.373. The van der Waals surface area contributed by atoms with E-state index in [9.17, 15) is 4.57 Å². The highest BCUT2D eigenvalue weighted by Gasteiger charge is 2.33. The van der Waals surface area contributed by atoms with Crippen LogP contribution < -0.4 is 4.52 Å². The van der Waals surface area contributed by atoms with Crippen LogP contribution in [0.4, 0.5) is 0 Å². The first kappa shape index (κ1) is 12.9. The summed E-state index contributed by atoms with van der Waals surface area (Å²) >= 11 is 2.05. The minimum absolute atomic E-state index is 0.373. The Bertz CT molecular complexity index is 446. The molecule has 1 aromatic rings. The van der Waals surface area contributed by atoms with E-state index in [-0.39, 0.29) is 0 Å². The maximum absolute atomic E-state index is 12.3. The van der Waals surface area contributed by atoms with Crippen LogP contribution in [0.3, 0.4) is 0 Å². The van der Waals surface area contributed by atoms with Crippen LogP contribution in [0.2, 0.25) is 0 Å². The van der Waals surface area contributed by atoms with Gasteiger partial charge in [0.1, 0.15) is 11.5 Å². The van der Waals surface area contributed by atoms with Gasteiger partial charge in [0.15, 0.2) is 0 Å². The van der Waals surface area contributed by atoms with E-state index in [0.29, 0.717) is 24.5 Å². The number of benzene rings is 1. The summed E-state index contributed by atoms with van der Waals surface area (Å²) in [5.41, 5.74) is 0. The van der Waals surface area contributed by atoms with Gasteiger partial charge in [-0.05, 0) is 41.1 Å². The van der Waals surface area contributed by atoms with Crippen LogP contribution in [-0.4, -0.2) is 6.61 Å². The standard InChI is InChI=1S/C11H12IO4P/c12-9-11-7-4-8-14-17(13,16-11)15-10-5-2-1-3-6-10/h1-3,5-6,9H,4,7-8H2/b11-9-. The molecule has 1 aromatic carbocycles. The van der Waals surface area contributed by atoms with Crippen LogP contribution in [0.15, 0.2) is 40.2 Å². The zero-order valence-electron chi connectivity index (χ0n) is 9.04. The maximum Gasteiger partial charge on any atom is 0.587 e. The van der Waals surface area contributed by atoms with Crippen molar-refractivity contribution in [1.82, 2.24) is 0 Å². The van der Waals surface area contributed by atoms with Gasteiger partial charge in [0.25, 0.3) is 0 Å². The molecule has 1 heterocycles. The lowest BCUT2D eigenvalue weighted by molar-refractivity contribution is 0.203. The summed E-state index contributed by atoms with van der Waals surface area (Å²) in [5, 5.41) is 0. The first-order valence-electron chi connectivity index (χ1n) is 5.20. The smallest absolute Gasteiger partial charge is 0.399 e. The molecule has 17 heavy (non-hydrogen) atoms. The van der Waals surface area contributed by atoms with Crippen LogP contribution in [0.25, 0.3) is 0 Å². The largest absolute Gasteiger partial charge is 0.587 e. The predicted octanol–water partition coefficient (Wildman–Crippen LogP) is 4.28. The van der Waals surface area contributed by atoms with Gasteiger partial charge in [0, 0.05) is 10.5 Å². The van der Waals surface area contributed by atoms with Gasteiger partial charge in [-0.1, -0.05) is 18.2 Å². The van der Waals surface area contributed by atoms with Gasteiger partial charge in [-0.3, -0.25) is 4.52 Å². The molecular formula is C11H12IO4P. The number of phosphoric acid groups is 1. The summed E-state index contributed by atoms with van der Waals surface area (Å²) in [6.07, 6.45) is 1.49. The summed E-state index contributed by atoms with van der Waals surface area (Å²) in [4.78, 5) is 0. The molecule has 92 valence electrons. The first-order valence-corrected chi connectivity index (χ1v) is 7.90. The van der Waals surface area contributed by atoms with E-state index in [1.54, 1.807) is 28.3 Å². The number of halogens is 1. The van der Waals surface area contributed by atoms with E-state index < -0.39 is 7.82 Å². The molecule has 0 aliphatic carbocycles. The lowest BCUT2D eigenvalue weighted by atomic mass is 10.3. The number of para-hydroxylation sites is 1. The molecule has 0 bridgehead atoms. The van der Waals surface area contributed by atoms with Gasteiger partial charge < -0.3 is 9.05 Å². The van der Waals surface area contributed by atoms with Crippen molar-refractivity contribution in [3.8, 4) is 5.75 Å². The third-order valence-electron chi connectivity index (χ3n) is 2.13. The van der Waals surface area contributed by atoms with Gasteiger partial charge in [-0.15, -0.1) is 0 Å². The van der Waals surface area contributed by atoms with Crippen molar-refractivity contribution in [3.63, 3.8) is 0 Å². The Labute approximate surface area is 114 Å². The first-order chi connectivity index (χ1) is 8.22. The van der Waals surface area contributed by atoms with Crippen molar-refractivity contribution in [3.05, 3.63) is 40.2 Å². The molecule has 0 amide bonds. The summed E-state index contributed by atoms with van der Waals surface area (Å²) in [5.74, 6) is 1.12. The molecule has 2 rings (SSSR count). The lowest BCUT2D eigenvalue weighted by Crippen LogP contribution is -1.99. The minimum Gasteiger partial charge on any atom is -0.399 e. The number of allylic oxidation sites excluding steroid dienone is 1. The molecule has 1 unspecified atom stereocenters. The van der Waals surface area contributed by atoms with Crippen LogP contribution in [0.1, 0.15) is 12.8 Å². The number of hydrogen-bond donors (Lipinski definition) is 0. The normalized spacial score (nSPS) is 27.2. The summed E-state index contributed by atoms with van der Waals surface area (Å²) in [6, 6.07) is 8.88. The van der Waals surface area contributed by atoms with E-state index in [4.69, 9.17) is 13.6 Å². The van der Waals surface area contributed by atoms with E-state index >= 15 is 0 Å². The Hall–Kier alpha value is -0.520. The number of rotatable bonds is 2. The highest BCUT2D eigenvalue weighted by Crippen LogP contribution is 2.53. The van der Waals surface area contributed by atoms with Crippen LogP contribution in [0, 0.1) is 0 Å². The molecule has 1 aliphatic heterocycles. The molecule has 1 fully saturated rings. The van der Waals surface area contributed by atoms with Gasteiger partial charge in [0.05, 0.1) is 6.61 Å². The Balaban J connectivity index is 2.14. The number of phosphoric ester groups is 1. The zero-order chi connectivity index (χ0) is 12.1. The lowest BCUT2D eigenvalue weighted by Gasteiger charge is -2.16. The van der Waals surface area contributed by atoms with Crippen LogP contribution in [0.5, 0.6) is 5.75 Å². The van der Waals surface area contributed by atoms with E-state index in [1.165, 1.54) is 0 Å². The maximum atomic E-state index is 12.3. The third-order valence-corrected chi connectivity index (χ3v) is 4.21. The summed E-state index contributed by atoms with van der Waals surface area (Å²) in [7, 11) is -3.52. The van der Waals surface area contributed by atoms with Crippen molar-refractivity contribution in [2.24, 2.45) is 0 Å². The molecule has 0 radical (unpaired) electrons. The molecule has 0 N–H and O–H groups in total. The fourth-order valence-electron chi connectivity index (χ4n) is 1.37. The SMILES string of the molecule is O=P1(Oc2ccccc2)OCCC/C(=C/I)O1. The molecule has 0 saturated carbocycles. The summed E-state index contributed by atoms with van der Waals surface area (Å²) < 4.78 is 29.9. The zero-order valence-corrected chi connectivity index (χ0v) is 12.1. The molecular weight excluding hydrogens is 354 g/mol. The molecule has 4 nitrogen and oxygen atoms in total. The Morgan fingerprint density at radius 1 is 1.35 bits per heavy atom. The van der Waals surface area contributed by atoms with E-state index in [1.807, 2.05) is 6.07 Å². The second-order valence-electron chi connectivity index (χ2n) is 3.46. The van der Waals surface area contributed by atoms with Crippen molar-refractivity contribution in [2.45, 2.75) is 12.8 Å². The van der Waals surface area contributed by atoms with E-state index in [0.717, 1.165) is 6.42 Å². The average molecular weight is 366 g/mol. The second kappa shape index (κ2) is 5.89. The Kier molecular flexibility index (Phi) is 4.48. The fourth-order valence-corrected chi connectivity index (χ4v) is 3.31. The molecule has 1 saturated heterocycles. The predicted molar refractivity (Wildman–Crippen MR) is 73.1 cm³/mol. The van der Waals surface area contributed by atoms with Crippen molar-refractivity contribution >= 4 is 30.4 Å². The van der Waals surface area contributed by atoms with E-state index in [2.05, 4.69) is 22.6 Å². The highest BCUT2D eigenvalue weighted by atomic mass is 127. The number of hydrogen-bond acceptors (Lipinski definition) is 4. The fraction of sp³-hybridized carbons (Fsp3) is 0.273. The minimum atomic E-state index is -3.52. The van der Waals surface area contributed by atoms with Crippen molar-refractivity contribution in [2.75, 3.05) is 6.61 Å². The van der Waals surface area contributed by atoms with Gasteiger partial charge >= 0.3 is 7.82 Å². The topological polar surface area (TPSA) is 44.8 Å². The third kappa shape index (κ3) is 3.72. The quantitative estimate of drug-likeness (QED) is 0.579.